The van der Waals surface area contributed by atoms with Gasteiger partial charge in [0.25, 0.3) is 0 Å². The zero-order valence-electron chi connectivity index (χ0n) is 16.9. The molecule has 0 atom stereocenters. The van der Waals surface area contributed by atoms with Crippen LogP contribution in [0.1, 0.15) is 79.8 Å². The molecule has 0 spiro atoms. The second-order valence-electron chi connectivity index (χ2n) is 7.86. The Labute approximate surface area is 170 Å². The van der Waals surface area contributed by atoms with E-state index in [2.05, 4.69) is 6.92 Å². The summed E-state index contributed by atoms with van der Waals surface area (Å²) in [6.07, 6.45) is 6.76. The maximum atomic E-state index is 14.6. The van der Waals surface area contributed by atoms with Gasteiger partial charge in [0.15, 0.2) is 0 Å². The summed E-state index contributed by atoms with van der Waals surface area (Å²) < 4.78 is 48.1. The van der Waals surface area contributed by atoms with Crippen LogP contribution in [-0.4, -0.2) is 5.97 Å². The number of carbonyl (C=O) groups excluding carboxylic acids is 1. The molecule has 3 rings (SSSR count). The quantitative estimate of drug-likeness (QED) is 0.384. The Morgan fingerprint density at radius 1 is 0.966 bits per heavy atom. The summed E-state index contributed by atoms with van der Waals surface area (Å²) in [5.41, 5.74) is 0.318. The number of benzene rings is 2. The Morgan fingerprint density at radius 3 is 2.17 bits per heavy atom. The number of halogens is 3. The van der Waals surface area contributed by atoms with E-state index in [-0.39, 0.29) is 11.7 Å². The van der Waals surface area contributed by atoms with Crippen LogP contribution in [0.3, 0.4) is 0 Å². The number of aryl methyl sites for hydroxylation is 1. The molecule has 1 aliphatic carbocycles. The molecule has 0 heterocycles. The first kappa shape index (κ1) is 21.4. The molecule has 0 aromatic heterocycles. The third-order valence-electron chi connectivity index (χ3n) is 5.90. The first-order chi connectivity index (χ1) is 13.9. The van der Waals surface area contributed by atoms with Crippen molar-refractivity contribution in [3.05, 3.63) is 64.5 Å². The van der Waals surface area contributed by atoms with E-state index in [9.17, 15) is 18.0 Å². The summed E-state index contributed by atoms with van der Waals surface area (Å²) >= 11 is 0. The molecular formula is C24H27F3O2. The van der Waals surface area contributed by atoms with Gasteiger partial charge in [-0.2, -0.15) is 0 Å². The van der Waals surface area contributed by atoms with Crippen LogP contribution < -0.4 is 4.74 Å². The van der Waals surface area contributed by atoms with Gasteiger partial charge >= 0.3 is 5.97 Å². The molecule has 5 heteroatoms. The van der Waals surface area contributed by atoms with E-state index in [1.54, 1.807) is 6.92 Å². The maximum Gasteiger partial charge on any atom is 0.349 e. The molecule has 1 fully saturated rings. The van der Waals surface area contributed by atoms with Crippen LogP contribution in [0.2, 0.25) is 0 Å². The van der Waals surface area contributed by atoms with Gasteiger partial charge in [-0.1, -0.05) is 32.8 Å². The van der Waals surface area contributed by atoms with Gasteiger partial charge in [0.2, 0.25) is 0 Å². The predicted octanol–water partition coefficient (Wildman–Crippen LogP) is 6.96. The fourth-order valence-corrected chi connectivity index (χ4v) is 4.25. The van der Waals surface area contributed by atoms with Crippen molar-refractivity contribution in [3.63, 3.8) is 0 Å². The molecule has 2 aromatic rings. The van der Waals surface area contributed by atoms with Gasteiger partial charge in [-0.25, -0.2) is 18.0 Å². The van der Waals surface area contributed by atoms with Crippen molar-refractivity contribution in [3.8, 4) is 5.75 Å². The zero-order chi connectivity index (χ0) is 21.0. The lowest BCUT2D eigenvalue weighted by molar-refractivity contribution is 0.0724. The lowest BCUT2D eigenvalue weighted by atomic mass is 9.77. The van der Waals surface area contributed by atoms with Crippen LogP contribution in [0.25, 0.3) is 0 Å². The SMILES string of the molecule is CCCC1CCC(c2cc(F)c(C(=O)Oc3ccc(CC)c(F)c3)c(F)c2)CC1. The van der Waals surface area contributed by atoms with E-state index in [0.717, 1.165) is 38.2 Å². The zero-order valence-corrected chi connectivity index (χ0v) is 16.9. The van der Waals surface area contributed by atoms with Crippen molar-refractivity contribution in [2.24, 2.45) is 5.92 Å². The van der Waals surface area contributed by atoms with Crippen molar-refractivity contribution in [1.82, 2.24) is 0 Å². The number of ether oxygens (including phenoxy) is 1. The number of hydrogen-bond donors (Lipinski definition) is 0. The first-order valence-electron chi connectivity index (χ1n) is 10.4. The number of hydrogen-bond acceptors (Lipinski definition) is 2. The van der Waals surface area contributed by atoms with Crippen molar-refractivity contribution in [2.75, 3.05) is 0 Å². The van der Waals surface area contributed by atoms with Crippen molar-refractivity contribution < 1.29 is 22.7 Å². The van der Waals surface area contributed by atoms with Crippen LogP contribution in [-0.2, 0) is 6.42 Å². The molecule has 0 unspecified atom stereocenters. The van der Waals surface area contributed by atoms with E-state index in [4.69, 9.17) is 4.74 Å². The summed E-state index contributed by atoms with van der Waals surface area (Å²) in [6, 6.07) is 6.44. The smallest absolute Gasteiger partial charge is 0.349 e. The minimum atomic E-state index is -1.16. The Balaban J connectivity index is 1.74. The van der Waals surface area contributed by atoms with Gasteiger partial charge in [0, 0.05) is 6.07 Å². The lowest BCUT2D eigenvalue weighted by Gasteiger charge is -2.28. The van der Waals surface area contributed by atoms with Gasteiger partial charge in [0.05, 0.1) is 0 Å². The average Bonchev–Trinajstić information content (AvgIpc) is 2.68. The summed E-state index contributed by atoms with van der Waals surface area (Å²) in [7, 11) is 0. The molecule has 0 N–H and O–H groups in total. The highest BCUT2D eigenvalue weighted by molar-refractivity contribution is 5.91. The maximum absolute atomic E-state index is 14.6. The van der Waals surface area contributed by atoms with E-state index in [0.29, 0.717) is 23.5 Å². The monoisotopic (exact) mass is 404 g/mol. The molecule has 2 aromatic carbocycles. The van der Waals surface area contributed by atoms with Gasteiger partial charge in [0.1, 0.15) is 28.8 Å². The molecule has 1 saturated carbocycles. The van der Waals surface area contributed by atoms with E-state index in [1.807, 2.05) is 0 Å². The topological polar surface area (TPSA) is 26.3 Å². The Morgan fingerprint density at radius 2 is 1.62 bits per heavy atom. The highest BCUT2D eigenvalue weighted by atomic mass is 19.1. The largest absolute Gasteiger partial charge is 0.423 e. The molecule has 0 radical (unpaired) electrons. The van der Waals surface area contributed by atoms with Gasteiger partial charge in [-0.05, 0) is 73.3 Å². The second-order valence-corrected chi connectivity index (χ2v) is 7.86. The predicted molar refractivity (Wildman–Crippen MR) is 107 cm³/mol. The van der Waals surface area contributed by atoms with Crippen molar-refractivity contribution in [1.29, 1.82) is 0 Å². The number of esters is 1. The van der Waals surface area contributed by atoms with Crippen molar-refractivity contribution >= 4 is 5.97 Å². The Hall–Kier alpha value is -2.30. The molecule has 2 nitrogen and oxygen atoms in total. The Kier molecular flexibility index (Phi) is 6.99. The van der Waals surface area contributed by atoms with Crippen LogP contribution >= 0.6 is 0 Å². The highest BCUT2D eigenvalue weighted by Gasteiger charge is 2.26. The molecular weight excluding hydrogens is 377 g/mol. The van der Waals surface area contributed by atoms with Gasteiger partial charge < -0.3 is 4.74 Å². The van der Waals surface area contributed by atoms with Crippen molar-refractivity contribution in [2.45, 2.75) is 64.7 Å². The standard InChI is InChI=1S/C24H27F3O2/c1-3-5-15-6-8-17(9-7-15)18-12-21(26)23(22(27)13-18)24(28)29-19-11-10-16(4-2)20(25)14-19/h10-15,17H,3-9H2,1-2H3. The van der Waals surface area contributed by atoms with Gasteiger partial charge in [-0.15, -0.1) is 0 Å². The van der Waals surface area contributed by atoms with E-state index in [1.165, 1.54) is 30.7 Å². The molecule has 156 valence electrons. The minimum absolute atomic E-state index is 0.0816. The third-order valence-corrected chi connectivity index (χ3v) is 5.90. The summed E-state index contributed by atoms with van der Waals surface area (Å²) in [5.74, 6) is -2.85. The second kappa shape index (κ2) is 9.47. The molecule has 0 bridgehead atoms. The third kappa shape index (κ3) is 5.01. The van der Waals surface area contributed by atoms with Gasteiger partial charge in [-0.3, -0.25) is 0 Å². The molecule has 0 amide bonds. The highest BCUT2D eigenvalue weighted by Crippen LogP contribution is 2.38. The average molecular weight is 404 g/mol. The van der Waals surface area contributed by atoms with Crippen LogP contribution in [0, 0.1) is 23.4 Å². The number of carbonyl (C=O) groups is 1. The normalized spacial score (nSPS) is 19.2. The molecule has 1 aliphatic rings. The fourth-order valence-electron chi connectivity index (χ4n) is 4.25. The Bertz CT molecular complexity index is 847. The van der Waals surface area contributed by atoms with Crippen LogP contribution in [0.4, 0.5) is 13.2 Å². The first-order valence-corrected chi connectivity index (χ1v) is 10.4. The molecule has 0 aliphatic heterocycles. The van der Waals surface area contributed by atoms with E-state index < -0.39 is 29.0 Å². The lowest BCUT2D eigenvalue weighted by Crippen LogP contribution is -2.16. The van der Waals surface area contributed by atoms with Crippen LogP contribution in [0.15, 0.2) is 30.3 Å². The van der Waals surface area contributed by atoms with Crippen LogP contribution in [0.5, 0.6) is 5.75 Å². The van der Waals surface area contributed by atoms with E-state index >= 15 is 0 Å². The summed E-state index contributed by atoms with van der Waals surface area (Å²) in [4.78, 5) is 12.3. The number of rotatable bonds is 6. The molecule has 29 heavy (non-hydrogen) atoms. The molecule has 0 saturated heterocycles. The minimum Gasteiger partial charge on any atom is -0.423 e. The summed E-state index contributed by atoms with van der Waals surface area (Å²) in [6.45, 7) is 3.97. The summed E-state index contributed by atoms with van der Waals surface area (Å²) in [5, 5.41) is 0. The fraction of sp³-hybridized carbons (Fsp3) is 0.458.